The molecule has 3 rings (SSSR count). The van der Waals surface area contributed by atoms with Gasteiger partial charge in [-0.1, -0.05) is 30.3 Å². The van der Waals surface area contributed by atoms with Gasteiger partial charge in [-0.2, -0.15) is 0 Å². The van der Waals surface area contributed by atoms with Crippen LogP contribution in [-0.4, -0.2) is 44.8 Å². The molecule has 0 unspecified atom stereocenters. The van der Waals surface area contributed by atoms with Crippen LogP contribution in [-0.2, 0) is 24.2 Å². The number of carboxylic acid groups (broad SMARTS) is 1. The molecule has 1 aromatic heterocycles. The zero-order chi connectivity index (χ0) is 16.9. The Kier molecular flexibility index (Phi) is 4.79. The SMILES string of the molecule is O=C(O)c1cnc2n1CCN(C(=O)OCCCc1ccccc1)C2. The Balaban J connectivity index is 1.47. The third-order valence-corrected chi connectivity index (χ3v) is 4.02. The van der Waals surface area contributed by atoms with Gasteiger partial charge in [-0.05, 0) is 18.4 Å². The van der Waals surface area contributed by atoms with Crippen LogP contribution >= 0.6 is 0 Å². The third-order valence-electron chi connectivity index (χ3n) is 4.02. The second-order valence-corrected chi connectivity index (χ2v) is 5.64. The van der Waals surface area contributed by atoms with E-state index in [2.05, 4.69) is 4.98 Å². The fourth-order valence-corrected chi connectivity index (χ4v) is 2.76. The number of amides is 1. The van der Waals surface area contributed by atoms with Crippen molar-refractivity contribution in [2.24, 2.45) is 0 Å². The Bertz CT molecular complexity index is 727. The van der Waals surface area contributed by atoms with Gasteiger partial charge in [0.25, 0.3) is 0 Å². The van der Waals surface area contributed by atoms with Crippen LogP contribution in [0, 0.1) is 0 Å². The Morgan fingerprint density at radius 2 is 2.00 bits per heavy atom. The summed E-state index contributed by atoms with van der Waals surface area (Å²) in [4.78, 5) is 28.8. The van der Waals surface area contributed by atoms with E-state index < -0.39 is 5.97 Å². The van der Waals surface area contributed by atoms with Crippen molar-refractivity contribution in [3.63, 3.8) is 0 Å². The molecular formula is C17H19N3O4. The van der Waals surface area contributed by atoms with Crippen molar-refractivity contribution in [3.05, 3.63) is 53.6 Å². The van der Waals surface area contributed by atoms with Gasteiger partial charge in [-0.3, -0.25) is 4.90 Å². The number of nitrogens with zero attached hydrogens (tertiary/aromatic N) is 3. The largest absolute Gasteiger partial charge is 0.477 e. The van der Waals surface area contributed by atoms with E-state index in [1.54, 1.807) is 9.47 Å². The van der Waals surface area contributed by atoms with Crippen LogP contribution in [0.15, 0.2) is 36.5 Å². The average molecular weight is 329 g/mol. The zero-order valence-corrected chi connectivity index (χ0v) is 13.2. The first-order valence-electron chi connectivity index (χ1n) is 7.88. The predicted molar refractivity (Wildman–Crippen MR) is 85.7 cm³/mol. The number of aryl methyl sites for hydroxylation is 1. The molecule has 1 amide bonds. The molecule has 7 nitrogen and oxygen atoms in total. The summed E-state index contributed by atoms with van der Waals surface area (Å²) in [6.07, 6.45) is 2.57. The van der Waals surface area contributed by atoms with E-state index in [4.69, 9.17) is 9.84 Å². The van der Waals surface area contributed by atoms with Gasteiger partial charge < -0.3 is 14.4 Å². The smallest absolute Gasteiger partial charge is 0.410 e. The van der Waals surface area contributed by atoms with Crippen LogP contribution in [0.1, 0.15) is 28.3 Å². The first-order chi connectivity index (χ1) is 11.6. The standard InChI is InChI=1S/C17H19N3O4/c21-16(22)14-11-18-15-12-19(8-9-20(14)15)17(23)24-10-4-7-13-5-2-1-3-6-13/h1-3,5-6,11H,4,7-10,12H2,(H,21,22). The van der Waals surface area contributed by atoms with Crippen molar-refractivity contribution < 1.29 is 19.4 Å². The lowest BCUT2D eigenvalue weighted by molar-refractivity contribution is 0.0678. The first-order valence-corrected chi connectivity index (χ1v) is 7.88. The molecule has 7 heteroatoms. The maximum absolute atomic E-state index is 12.1. The monoisotopic (exact) mass is 329 g/mol. The number of imidazole rings is 1. The molecule has 1 aliphatic rings. The summed E-state index contributed by atoms with van der Waals surface area (Å²) < 4.78 is 6.93. The van der Waals surface area contributed by atoms with E-state index in [1.165, 1.54) is 11.8 Å². The Labute approximate surface area is 139 Å². The van der Waals surface area contributed by atoms with E-state index in [0.29, 0.717) is 25.5 Å². The van der Waals surface area contributed by atoms with E-state index >= 15 is 0 Å². The molecule has 2 aromatic rings. The van der Waals surface area contributed by atoms with Crippen LogP contribution < -0.4 is 0 Å². The van der Waals surface area contributed by atoms with Crippen molar-refractivity contribution in [2.75, 3.05) is 13.2 Å². The molecule has 0 saturated heterocycles. The minimum Gasteiger partial charge on any atom is -0.477 e. The number of ether oxygens (including phenoxy) is 1. The molecule has 2 heterocycles. The van der Waals surface area contributed by atoms with E-state index in [1.807, 2.05) is 30.3 Å². The van der Waals surface area contributed by atoms with E-state index in [0.717, 1.165) is 12.8 Å². The highest BCUT2D eigenvalue weighted by Crippen LogP contribution is 2.15. The third kappa shape index (κ3) is 3.56. The lowest BCUT2D eigenvalue weighted by Crippen LogP contribution is -2.39. The molecule has 0 bridgehead atoms. The summed E-state index contributed by atoms with van der Waals surface area (Å²) in [7, 11) is 0. The lowest BCUT2D eigenvalue weighted by Gasteiger charge is -2.27. The molecule has 0 fully saturated rings. The number of aromatic nitrogens is 2. The molecule has 0 radical (unpaired) electrons. The number of carbonyl (C=O) groups is 2. The highest BCUT2D eigenvalue weighted by molar-refractivity contribution is 5.85. The van der Waals surface area contributed by atoms with Crippen LogP contribution in [0.25, 0.3) is 0 Å². The summed E-state index contributed by atoms with van der Waals surface area (Å²) in [6, 6.07) is 10.0. The minimum absolute atomic E-state index is 0.154. The number of carbonyl (C=O) groups excluding carboxylic acids is 1. The van der Waals surface area contributed by atoms with Crippen LogP contribution in [0.5, 0.6) is 0 Å². The maximum Gasteiger partial charge on any atom is 0.410 e. The molecular weight excluding hydrogens is 310 g/mol. The summed E-state index contributed by atoms with van der Waals surface area (Å²) in [5.41, 5.74) is 1.37. The second-order valence-electron chi connectivity index (χ2n) is 5.64. The summed E-state index contributed by atoms with van der Waals surface area (Å²) in [5.74, 6) is -0.439. The maximum atomic E-state index is 12.1. The molecule has 0 atom stereocenters. The number of hydrogen-bond donors (Lipinski definition) is 1. The van der Waals surface area contributed by atoms with Gasteiger partial charge in [-0.25, -0.2) is 14.6 Å². The van der Waals surface area contributed by atoms with Crippen LogP contribution in [0.3, 0.4) is 0 Å². The summed E-state index contributed by atoms with van der Waals surface area (Å²) in [6.45, 7) is 1.46. The van der Waals surface area contributed by atoms with Gasteiger partial charge >= 0.3 is 12.1 Å². The molecule has 0 saturated carbocycles. The van der Waals surface area contributed by atoms with Gasteiger partial charge in [0.1, 0.15) is 11.5 Å². The Hall–Kier alpha value is -2.83. The van der Waals surface area contributed by atoms with Gasteiger partial charge in [-0.15, -0.1) is 0 Å². The molecule has 1 aromatic carbocycles. The van der Waals surface area contributed by atoms with Gasteiger partial charge in [0.05, 0.1) is 19.3 Å². The van der Waals surface area contributed by atoms with Crippen LogP contribution in [0.2, 0.25) is 0 Å². The molecule has 126 valence electrons. The molecule has 0 spiro atoms. The van der Waals surface area contributed by atoms with Crippen molar-refractivity contribution in [1.29, 1.82) is 0 Å². The molecule has 24 heavy (non-hydrogen) atoms. The van der Waals surface area contributed by atoms with Crippen molar-refractivity contribution in [3.8, 4) is 0 Å². The first kappa shape index (κ1) is 16.0. The predicted octanol–water partition coefficient (Wildman–Crippen LogP) is 2.17. The van der Waals surface area contributed by atoms with Gasteiger partial charge in [0.15, 0.2) is 0 Å². The Morgan fingerprint density at radius 1 is 1.21 bits per heavy atom. The number of rotatable bonds is 5. The van der Waals surface area contributed by atoms with Crippen molar-refractivity contribution >= 4 is 12.1 Å². The summed E-state index contributed by atoms with van der Waals surface area (Å²) >= 11 is 0. The number of hydrogen-bond acceptors (Lipinski definition) is 4. The zero-order valence-electron chi connectivity index (χ0n) is 13.2. The molecule has 1 aliphatic heterocycles. The number of benzene rings is 1. The Morgan fingerprint density at radius 3 is 2.75 bits per heavy atom. The minimum atomic E-state index is -1.01. The highest BCUT2D eigenvalue weighted by Gasteiger charge is 2.26. The van der Waals surface area contributed by atoms with Gasteiger partial charge in [0, 0.05) is 13.1 Å². The molecule has 0 aliphatic carbocycles. The summed E-state index contributed by atoms with van der Waals surface area (Å²) in [5, 5.41) is 9.08. The lowest BCUT2D eigenvalue weighted by atomic mass is 10.1. The fourth-order valence-electron chi connectivity index (χ4n) is 2.76. The second kappa shape index (κ2) is 7.16. The highest BCUT2D eigenvalue weighted by atomic mass is 16.6. The van der Waals surface area contributed by atoms with Gasteiger partial charge in [0.2, 0.25) is 0 Å². The fraction of sp³-hybridized carbons (Fsp3) is 0.353. The van der Waals surface area contributed by atoms with Crippen LogP contribution in [0.4, 0.5) is 4.79 Å². The van der Waals surface area contributed by atoms with Crippen molar-refractivity contribution in [2.45, 2.75) is 25.9 Å². The van der Waals surface area contributed by atoms with Crippen molar-refractivity contribution in [1.82, 2.24) is 14.5 Å². The molecule has 1 N–H and O–H groups in total. The van der Waals surface area contributed by atoms with E-state index in [-0.39, 0.29) is 18.3 Å². The average Bonchev–Trinajstić information content (AvgIpc) is 3.03. The quantitative estimate of drug-likeness (QED) is 0.850. The topological polar surface area (TPSA) is 84.7 Å². The van der Waals surface area contributed by atoms with E-state index in [9.17, 15) is 9.59 Å². The normalized spacial score (nSPS) is 13.4. The number of fused-ring (bicyclic) bond motifs is 1. The number of aromatic carboxylic acids is 1. The number of carboxylic acids is 1.